The van der Waals surface area contributed by atoms with Gasteiger partial charge in [0.1, 0.15) is 17.9 Å². The summed E-state index contributed by atoms with van der Waals surface area (Å²) in [5, 5.41) is 0. The zero-order chi connectivity index (χ0) is 13.7. The number of rotatable bonds is 4. The van der Waals surface area contributed by atoms with Crippen LogP contribution in [0.5, 0.6) is 5.75 Å². The van der Waals surface area contributed by atoms with Crippen LogP contribution in [-0.2, 0) is 11.3 Å². The van der Waals surface area contributed by atoms with E-state index in [9.17, 15) is 4.79 Å². The summed E-state index contributed by atoms with van der Waals surface area (Å²) in [5.41, 5.74) is 2.71. The van der Waals surface area contributed by atoms with E-state index in [1.54, 1.807) is 18.2 Å². The van der Waals surface area contributed by atoms with Gasteiger partial charge in [-0.25, -0.2) is 4.79 Å². The minimum atomic E-state index is -0.389. The van der Waals surface area contributed by atoms with Gasteiger partial charge in [0.25, 0.3) is 0 Å². The molecule has 0 N–H and O–H groups in total. The third kappa shape index (κ3) is 3.13. The molecular formula is C16H16O3. The number of hydrogen-bond donors (Lipinski definition) is 0. The lowest BCUT2D eigenvalue weighted by Crippen LogP contribution is -2.06. The number of benzene rings is 2. The fourth-order valence-electron chi connectivity index (χ4n) is 1.80. The zero-order valence-electron chi connectivity index (χ0n) is 11.1. The zero-order valence-corrected chi connectivity index (χ0v) is 11.1. The van der Waals surface area contributed by atoms with Crippen LogP contribution in [-0.4, -0.2) is 13.1 Å². The van der Waals surface area contributed by atoms with Crippen LogP contribution in [0.2, 0.25) is 0 Å². The number of esters is 1. The Morgan fingerprint density at radius 2 is 1.74 bits per heavy atom. The van der Waals surface area contributed by atoms with Crippen molar-refractivity contribution in [2.24, 2.45) is 0 Å². The number of aryl methyl sites for hydroxylation is 1. The first-order chi connectivity index (χ1) is 9.22. The van der Waals surface area contributed by atoms with Crippen LogP contribution in [0.1, 0.15) is 21.5 Å². The number of carbonyl (C=O) groups excluding carboxylic acids is 1. The lowest BCUT2D eigenvalue weighted by molar-refractivity contribution is 0.0595. The molecular weight excluding hydrogens is 240 g/mol. The smallest absolute Gasteiger partial charge is 0.341 e. The largest absolute Gasteiger partial charge is 0.488 e. The molecule has 0 heterocycles. The molecule has 0 unspecified atom stereocenters. The van der Waals surface area contributed by atoms with Gasteiger partial charge in [-0.1, -0.05) is 36.4 Å². The van der Waals surface area contributed by atoms with Gasteiger partial charge in [-0.05, 0) is 30.2 Å². The molecule has 19 heavy (non-hydrogen) atoms. The minimum Gasteiger partial charge on any atom is -0.488 e. The maximum Gasteiger partial charge on any atom is 0.341 e. The van der Waals surface area contributed by atoms with Gasteiger partial charge in [-0.15, -0.1) is 0 Å². The lowest BCUT2D eigenvalue weighted by Gasteiger charge is -2.11. The molecule has 0 aliphatic rings. The van der Waals surface area contributed by atoms with E-state index in [2.05, 4.69) is 0 Å². The van der Waals surface area contributed by atoms with Crippen molar-refractivity contribution in [2.75, 3.05) is 7.11 Å². The Bertz CT molecular complexity index is 576. The molecule has 0 saturated heterocycles. The van der Waals surface area contributed by atoms with Crippen LogP contribution in [0.15, 0.2) is 48.5 Å². The predicted octanol–water partition coefficient (Wildman–Crippen LogP) is 3.36. The summed E-state index contributed by atoms with van der Waals surface area (Å²) in [6, 6.07) is 15.1. The summed E-state index contributed by atoms with van der Waals surface area (Å²) in [6.07, 6.45) is 0. The summed E-state index contributed by atoms with van der Waals surface area (Å²) >= 11 is 0. The molecule has 0 radical (unpaired) electrons. The van der Waals surface area contributed by atoms with Crippen LogP contribution in [0.3, 0.4) is 0 Å². The first-order valence-electron chi connectivity index (χ1n) is 6.07. The van der Waals surface area contributed by atoms with E-state index in [0.29, 0.717) is 17.9 Å². The topological polar surface area (TPSA) is 35.5 Å². The molecule has 0 saturated carbocycles. The van der Waals surface area contributed by atoms with Crippen molar-refractivity contribution in [3.8, 4) is 5.75 Å². The molecule has 3 nitrogen and oxygen atoms in total. The van der Waals surface area contributed by atoms with Gasteiger partial charge in [0.05, 0.1) is 7.11 Å². The first kappa shape index (κ1) is 13.1. The van der Waals surface area contributed by atoms with Crippen molar-refractivity contribution in [1.82, 2.24) is 0 Å². The van der Waals surface area contributed by atoms with E-state index in [0.717, 1.165) is 11.1 Å². The monoisotopic (exact) mass is 256 g/mol. The molecule has 0 bridgehead atoms. The fourth-order valence-corrected chi connectivity index (χ4v) is 1.80. The van der Waals surface area contributed by atoms with Crippen LogP contribution in [0.25, 0.3) is 0 Å². The quantitative estimate of drug-likeness (QED) is 0.787. The van der Waals surface area contributed by atoms with Gasteiger partial charge in [-0.2, -0.15) is 0 Å². The molecule has 0 atom stereocenters. The highest BCUT2D eigenvalue weighted by Crippen LogP contribution is 2.20. The van der Waals surface area contributed by atoms with E-state index >= 15 is 0 Å². The third-order valence-electron chi connectivity index (χ3n) is 2.94. The summed E-state index contributed by atoms with van der Waals surface area (Å²) in [6.45, 7) is 2.46. The lowest BCUT2D eigenvalue weighted by atomic mass is 10.1. The molecule has 0 amide bonds. The Kier molecular flexibility index (Phi) is 4.18. The summed E-state index contributed by atoms with van der Waals surface area (Å²) < 4.78 is 10.5. The Hall–Kier alpha value is -2.29. The van der Waals surface area contributed by atoms with Crippen molar-refractivity contribution in [2.45, 2.75) is 13.5 Å². The Balaban J connectivity index is 2.16. The highest BCUT2D eigenvalue weighted by molar-refractivity contribution is 5.92. The van der Waals surface area contributed by atoms with E-state index in [1.165, 1.54) is 7.11 Å². The molecule has 0 aromatic heterocycles. The van der Waals surface area contributed by atoms with Crippen molar-refractivity contribution < 1.29 is 14.3 Å². The number of carbonyl (C=O) groups is 1. The van der Waals surface area contributed by atoms with Gasteiger partial charge in [0.2, 0.25) is 0 Å². The molecule has 2 rings (SSSR count). The molecule has 0 aliphatic heterocycles. The maximum atomic E-state index is 11.6. The molecule has 3 heteroatoms. The average molecular weight is 256 g/mol. The summed E-state index contributed by atoms with van der Waals surface area (Å²) in [4.78, 5) is 11.6. The third-order valence-corrected chi connectivity index (χ3v) is 2.94. The number of ether oxygens (including phenoxy) is 2. The van der Waals surface area contributed by atoms with Gasteiger partial charge >= 0.3 is 5.97 Å². The van der Waals surface area contributed by atoms with Gasteiger partial charge in [0.15, 0.2) is 0 Å². The Morgan fingerprint density at radius 3 is 2.47 bits per heavy atom. The van der Waals surface area contributed by atoms with Crippen molar-refractivity contribution in [1.29, 1.82) is 0 Å². The van der Waals surface area contributed by atoms with Gasteiger partial charge in [-0.3, -0.25) is 0 Å². The van der Waals surface area contributed by atoms with Crippen molar-refractivity contribution in [3.05, 3.63) is 65.2 Å². The molecule has 2 aromatic carbocycles. The van der Waals surface area contributed by atoms with Crippen molar-refractivity contribution >= 4 is 5.97 Å². The van der Waals surface area contributed by atoms with E-state index < -0.39 is 0 Å². The summed E-state index contributed by atoms with van der Waals surface area (Å²) in [7, 11) is 1.36. The van der Waals surface area contributed by atoms with Crippen LogP contribution < -0.4 is 4.74 Å². The summed E-state index contributed by atoms with van der Waals surface area (Å²) in [5.74, 6) is 0.151. The highest BCUT2D eigenvalue weighted by Gasteiger charge is 2.12. The first-order valence-corrected chi connectivity index (χ1v) is 6.07. The molecule has 0 spiro atoms. The molecule has 0 fully saturated rings. The van der Waals surface area contributed by atoms with E-state index in [1.807, 2.05) is 37.3 Å². The standard InChI is InChI=1S/C16H16O3/c1-12-7-3-4-8-13(12)11-19-15-10-6-5-9-14(15)16(17)18-2/h3-10H,11H2,1-2H3. The van der Waals surface area contributed by atoms with E-state index in [4.69, 9.17) is 9.47 Å². The SMILES string of the molecule is COC(=O)c1ccccc1OCc1ccccc1C. The highest BCUT2D eigenvalue weighted by atomic mass is 16.5. The normalized spacial score (nSPS) is 10.0. The second-order valence-electron chi connectivity index (χ2n) is 4.20. The molecule has 2 aromatic rings. The number of methoxy groups -OCH3 is 1. The van der Waals surface area contributed by atoms with Crippen LogP contribution >= 0.6 is 0 Å². The number of hydrogen-bond acceptors (Lipinski definition) is 3. The Morgan fingerprint density at radius 1 is 1.05 bits per heavy atom. The van der Waals surface area contributed by atoms with Gasteiger partial charge < -0.3 is 9.47 Å². The average Bonchev–Trinajstić information content (AvgIpc) is 2.46. The Labute approximate surface area is 112 Å². The molecule has 0 aliphatic carbocycles. The number of para-hydroxylation sites is 1. The van der Waals surface area contributed by atoms with Crippen LogP contribution in [0, 0.1) is 6.92 Å². The second-order valence-corrected chi connectivity index (χ2v) is 4.20. The predicted molar refractivity (Wildman–Crippen MR) is 73.3 cm³/mol. The second kappa shape index (κ2) is 6.05. The van der Waals surface area contributed by atoms with E-state index in [-0.39, 0.29) is 5.97 Å². The van der Waals surface area contributed by atoms with Gasteiger partial charge in [0, 0.05) is 0 Å². The van der Waals surface area contributed by atoms with Crippen LogP contribution in [0.4, 0.5) is 0 Å². The van der Waals surface area contributed by atoms with Crippen molar-refractivity contribution in [3.63, 3.8) is 0 Å². The maximum absolute atomic E-state index is 11.6. The minimum absolute atomic E-state index is 0.389. The molecule has 98 valence electrons. The fraction of sp³-hybridized carbons (Fsp3) is 0.188.